The molecule has 1 amide bonds. The van der Waals surface area contributed by atoms with Crippen LogP contribution in [0.1, 0.15) is 0 Å². The number of carbonyl (C=O) groups excluding carboxylic acids is 1. The Labute approximate surface area is 115 Å². The van der Waals surface area contributed by atoms with Crippen LogP contribution in [0.25, 0.3) is 0 Å². The molecule has 0 bridgehead atoms. The predicted molar refractivity (Wildman–Crippen MR) is 74.0 cm³/mol. The lowest BCUT2D eigenvalue weighted by atomic mass is 10.3. The third kappa shape index (κ3) is 3.54. The Balaban J connectivity index is 1.88. The third-order valence-electron chi connectivity index (χ3n) is 2.67. The number of ether oxygens (including phenoxy) is 1. The second kappa shape index (κ2) is 6.31. The van der Waals surface area contributed by atoms with Crippen molar-refractivity contribution >= 4 is 35.0 Å². The van der Waals surface area contributed by atoms with E-state index in [1.165, 1.54) is 11.8 Å². The topological polar surface area (TPSA) is 55.6 Å². The molecule has 0 atom stereocenters. The maximum absolute atomic E-state index is 11.9. The van der Waals surface area contributed by atoms with E-state index < -0.39 is 0 Å². The van der Waals surface area contributed by atoms with Crippen LogP contribution in [0.4, 0.5) is 5.69 Å². The molecule has 0 spiro atoms. The van der Waals surface area contributed by atoms with Crippen molar-refractivity contribution in [3.8, 4) is 0 Å². The van der Waals surface area contributed by atoms with E-state index >= 15 is 0 Å². The average molecular weight is 287 g/mol. The Morgan fingerprint density at radius 1 is 1.44 bits per heavy atom. The summed E-state index contributed by atoms with van der Waals surface area (Å²) in [6.07, 6.45) is 0. The van der Waals surface area contributed by atoms with Gasteiger partial charge in [-0.1, -0.05) is 11.6 Å². The zero-order valence-corrected chi connectivity index (χ0v) is 11.5. The number of rotatable bonds is 3. The lowest BCUT2D eigenvalue weighted by molar-refractivity contribution is -0.132. The van der Waals surface area contributed by atoms with Crippen LogP contribution in [-0.4, -0.2) is 42.9 Å². The summed E-state index contributed by atoms with van der Waals surface area (Å²) < 4.78 is 5.21. The minimum Gasteiger partial charge on any atom is -0.399 e. The molecule has 0 aromatic heterocycles. The maximum Gasteiger partial charge on any atom is 0.233 e. The number of morpholine rings is 1. The number of thioether (sulfide) groups is 1. The molecule has 0 unspecified atom stereocenters. The highest BCUT2D eigenvalue weighted by Gasteiger charge is 2.17. The monoisotopic (exact) mass is 286 g/mol. The molecule has 0 radical (unpaired) electrons. The first-order chi connectivity index (χ1) is 8.66. The largest absolute Gasteiger partial charge is 0.399 e. The van der Waals surface area contributed by atoms with Crippen LogP contribution in [0.2, 0.25) is 5.02 Å². The zero-order chi connectivity index (χ0) is 13.0. The molecule has 4 nitrogen and oxygen atoms in total. The van der Waals surface area contributed by atoms with Crippen molar-refractivity contribution < 1.29 is 9.53 Å². The van der Waals surface area contributed by atoms with Crippen molar-refractivity contribution in [1.82, 2.24) is 4.90 Å². The highest BCUT2D eigenvalue weighted by Crippen LogP contribution is 2.28. The number of benzene rings is 1. The van der Waals surface area contributed by atoms with E-state index in [0.29, 0.717) is 42.8 Å². The van der Waals surface area contributed by atoms with Gasteiger partial charge in [-0.05, 0) is 18.2 Å². The molecule has 0 saturated carbocycles. The Bertz CT molecular complexity index is 436. The lowest BCUT2D eigenvalue weighted by Gasteiger charge is -2.26. The molecule has 1 saturated heterocycles. The van der Waals surface area contributed by atoms with Crippen LogP contribution in [0, 0.1) is 0 Å². The molecule has 6 heteroatoms. The first-order valence-electron chi connectivity index (χ1n) is 5.70. The minimum atomic E-state index is 0.121. The van der Waals surface area contributed by atoms with Crippen LogP contribution in [-0.2, 0) is 9.53 Å². The molecule has 1 aliphatic heterocycles. The van der Waals surface area contributed by atoms with Crippen molar-refractivity contribution in [2.24, 2.45) is 0 Å². The number of nitrogens with zero attached hydrogens (tertiary/aromatic N) is 1. The van der Waals surface area contributed by atoms with Gasteiger partial charge in [-0.25, -0.2) is 0 Å². The van der Waals surface area contributed by atoms with Gasteiger partial charge in [0.1, 0.15) is 0 Å². The maximum atomic E-state index is 11.9. The number of amides is 1. The summed E-state index contributed by atoms with van der Waals surface area (Å²) in [6.45, 7) is 2.60. The number of anilines is 1. The van der Waals surface area contributed by atoms with Gasteiger partial charge in [0.25, 0.3) is 0 Å². The van der Waals surface area contributed by atoms with Crippen LogP contribution in [0.3, 0.4) is 0 Å². The van der Waals surface area contributed by atoms with Gasteiger partial charge >= 0.3 is 0 Å². The Kier molecular flexibility index (Phi) is 4.74. The number of halogens is 1. The second-order valence-corrected chi connectivity index (χ2v) is 5.40. The quantitative estimate of drug-likeness (QED) is 0.681. The van der Waals surface area contributed by atoms with Gasteiger partial charge in [-0.15, -0.1) is 11.8 Å². The number of hydrogen-bond donors (Lipinski definition) is 1. The van der Waals surface area contributed by atoms with E-state index in [-0.39, 0.29) is 5.91 Å². The predicted octanol–water partition coefficient (Wildman–Crippen LogP) is 1.87. The van der Waals surface area contributed by atoms with Crippen LogP contribution >= 0.6 is 23.4 Å². The van der Waals surface area contributed by atoms with E-state index in [9.17, 15) is 4.79 Å². The van der Waals surface area contributed by atoms with E-state index in [0.717, 1.165) is 4.90 Å². The first-order valence-corrected chi connectivity index (χ1v) is 7.06. The summed E-state index contributed by atoms with van der Waals surface area (Å²) in [5, 5.41) is 0.592. The molecule has 2 rings (SSSR count). The Morgan fingerprint density at radius 2 is 2.17 bits per heavy atom. The molecule has 0 aliphatic carbocycles. The van der Waals surface area contributed by atoms with Crippen molar-refractivity contribution in [1.29, 1.82) is 0 Å². The molecule has 1 aromatic carbocycles. The molecule has 1 aliphatic rings. The van der Waals surface area contributed by atoms with Gasteiger partial charge in [0.05, 0.1) is 24.0 Å². The van der Waals surface area contributed by atoms with Crippen molar-refractivity contribution in [3.63, 3.8) is 0 Å². The summed E-state index contributed by atoms with van der Waals surface area (Å²) in [5.74, 6) is 0.514. The van der Waals surface area contributed by atoms with Crippen molar-refractivity contribution in [3.05, 3.63) is 23.2 Å². The minimum absolute atomic E-state index is 0.121. The van der Waals surface area contributed by atoms with Gasteiger partial charge in [-0.2, -0.15) is 0 Å². The fourth-order valence-corrected chi connectivity index (χ4v) is 2.85. The van der Waals surface area contributed by atoms with Gasteiger partial charge in [-0.3, -0.25) is 4.79 Å². The summed E-state index contributed by atoms with van der Waals surface area (Å²) in [5.41, 5.74) is 6.25. The summed E-state index contributed by atoms with van der Waals surface area (Å²) >= 11 is 7.49. The van der Waals surface area contributed by atoms with Crippen LogP contribution < -0.4 is 5.73 Å². The molecular formula is C12H15ClN2O2S. The van der Waals surface area contributed by atoms with E-state index in [4.69, 9.17) is 22.1 Å². The van der Waals surface area contributed by atoms with Gasteiger partial charge in [0.15, 0.2) is 0 Å². The smallest absolute Gasteiger partial charge is 0.233 e. The number of nitrogen functional groups attached to an aromatic ring is 1. The zero-order valence-electron chi connectivity index (χ0n) is 9.89. The van der Waals surface area contributed by atoms with E-state index in [1.807, 2.05) is 11.0 Å². The molecule has 98 valence electrons. The van der Waals surface area contributed by atoms with Crippen LogP contribution in [0.5, 0.6) is 0 Å². The summed E-state index contributed by atoms with van der Waals surface area (Å²) in [6, 6.07) is 5.32. The third-order valence-corrected chi connectivity index (χ3v) is 4.15. The second-order valence-electron chi connectivity index (χ2n) is 3.97. The number of hydrogen-bond acceptors (Lipinski definition) is 4. The van der Waals surface area contributed by atoms with Crippen molar-refractivity contribution in [2.75, 3.05) is 37.8 Å². The summed E-state index contributed by atoms with van der Waals surface area (Å²) in [7, 11) is 0. The van der Waals surface area contributed by atoms with E-state index in [2.05, 4.69) is 0 Å². The molecule has 1 fully saturated rings. The van der Waals surface area contributed by atoms with Gasteiger partial charge < -0.3 is 15.4 Å². The number of carbonyl (C=O) groups is 1. The normalized spacial score (nSPS) is 15.7. The highest BCUT2D eigenvalue weighted by atomic mass is 35.5. The molecule has 1 heterocycles. The molecule has 1 aromatic rings. The average Bonchev–Trinajstić information content (AvgIpc) is 2.38. The van der Waals surface area contributed by atoms with Crippen molar-refractivity contribution in [2.45, 2.75) is 4.90 Å². The fourth-order valence-electron chi connectivity index (χ4n) is 1.68. The highest BCUT2D eigenvalue weighted by molar-refractivity contribution is 8.00. The molecule has 2 N–H and O–H groups in total. The van der Waals surface area contributed by atoms with Gasteiger partial charge in [0.2, 0.25) is 5.91 Å². The molecule has 18 heavy (non-hydrogen) atoms. The lowest BCUT2D eigenvalue weighted by Crippen LogP contribution is -2.41. The Morgan fingerprint density at radius 3 is 2.83 bits per heavy atom. The first kappa shape index (κ1) is 13.5. The van der Waals surface area contributed by atoms with E-state index in [1.54, 1.807) is 12.1 Å². The SMILES string of the molecule is Nc1ccc(SCC(=O)N2CCOCC2)c(Cl)c1. The Hall–Kier alpha value is -0.910. The van der Waals surface area contributed by atoms with Gasteiger partial charge in [0, 0.05) is 23.7 Å². The fraction of sp³-hybridized carbons (Fsp3) is 0.417. The number of nitrogens with two attached hydrogens (primary N) is 1. The standard InChI is InChI=1S/C12H15ClN2O2S/c13-10-7-9(14)1-2-11(10)18-8-12(16)15-3-5-17-6-4-15/h1-2,7H,3-6,8,14H2. The van der Waals surface area contributed by atoms with Crippen LogP contribution in [0.15, 0.2) is 23.1 Å². The molecular weight excluding hydrogens is 272 g/mol. The summed E-state index contributed by atoms with van der Waals surface area (Å²) in [4.78, 5) is 14.6.